The van der Waals surface area contributed by atoms with Gasteiger partial charge in [-0.3, -0.25) is 9.59 Å². The lowest BCUT2D eigenvalue weighted by atomic mass is 9.48. The Bertz CT molecular complexity index is 1550. The van der Waals surface area contributed by atoms with Crippen molar-refractivity contribution in [3.63, 3.8) is 0 Å². The fourth-order valence-electron chi connectivity index (χ4n) is 7.84. The number of carbonyl (C=O) groups excluding carboxylic acids is 2. The summed E-state index contributed by atoms with van der Waals surface area (Å²) in [7, 11) is 2.85. The minimum atomic E-state index is -1.64. The van der Waals surface area contributed by atoms with Gasteiger partial charge in [0.15, 0.2) is 16.8 Å². The monoisotopic (exact) mass is 592 g/mol. The van der Waals surface area contributed by atoms with E-state index in [4.69, 9.17) is 18.9 Å². The fourth-order valence-corrected chi connectivity index (χ4v) is 7.84. The van der Waals surface area contributed by atoms with Gasteiger partial charge in [0.2, 0.25) is 11.6 Å². The Labute approximate surface area is 254 Å². The molecular weight excluding hydrogens is 548 g/mol. The molecule has 4 atom stereocenters. The van der Waals surface area contributed by atoms with Gasteiger partial charge in [0.05, 0.1) is 18.3 Å². The smallest absolute Gasteiger partial charge is 0.208 e. The Kier molecular flexibility index (Phi) is 6.92. The summed E-state index contributed by atoms with van der Waals surface area (Å²) in [5.41, 5.74) is -4.15. The molecule has 6 rings (SSSR count). The highest BCUT2D eigenvalue weighted by Gasteiger charge is 2.87. The summed E-state index contributed by atoms with van der Waals surface area (Å²) in [5.74, 6) is -1.89. The van der Waals surface area contributed by atoms with Gasteiger partial charge in [-0.15, -0.1) is 6.58 Å². The van der Waals surface area contributed by atoms with E-state index in [0.717, 1.165) is 11.1 Å². The number of benzene rings is 1. The predicted molar refractivity (Wildman–Crippen MR) is 163 cm³/mol. The van der Waals surface area contributed by atoms with Gasteiger partial charge in [0.25, 0.3) is 0 Å². The number of allylic oxidation sites excluding steroid dienone is 4. The summed E-state index contributed by atoms with van der Waals surface area (Å²) >= 11 is 0. The van der Waals surface area contributed by atoms with Gasteiger partial charge >= 0.3 is 0 Å². The van der Waals surface area contributed by atoms with Crippen LogP contribution in [0.25, 0.3) is 0 Å². The largest absolute Gasteiger partial charge is 0.507 e. The molecule has 5 aliphatic rings. The van der Waals surface area contributed by atoms with Crippen molar-refractivity contribution in [2.24, 2.45) is 5.92 Å². The molecule has 4 bridgehead atoms. The number of hydrogen-bond acceptors (Lipinski definition) is 8. The van der Waals surface area contributed by atoms with Crippen molar-refractivity contribution in [1.82, 2.24) is 0 Å². The van der Waals surface area contributed by atoms with Gasteiger partial charge in [-0.25, -0.2) is 0 Å². The van der Waals surface area contributed by atoms with Gasteiger partial charge in [-0.05, 0) is 48.0 Å². The van der Waals surface area contributed by atoms with Crippen molar-refractivity contribution >= 4 is 11.6 Å². The van der Waals surface area contributed by atoms with Crippen LogP contribution in [0.15, 0.2) is 47.3 Å². The Hall–Kier alpha value is -3.36. The minimum absolute atomic E-state index is 0.0489. The summed E-state index contributed by atoms with van der Waals surface area (Å²) in [6, 6.07) is 0. The molecule has 232 valence electrons. The summed E-state index contributed by atoms with van der Waals surface area (Å²) in [6.45, 7) is 19.0. The number of phenolic OH excluding ortho intramolecular Hbond substituents is 2. The molecule has 1 spiro atoms. The van der Waals surface area contributed by atoms with Gasteiger partial charge in [-0.1, -0.05) is 43.2 Å². The normalized spacial score (nSPS) is 30.0. The van der Waals surface area contributed by atoms with E-state index in [9.17, 15) is 15.0 Å². The molecule has 1 aromatic carbocycles. The van der Waals surface area contributed by atoms with Crippen molar-refractivity contribution in [1.29, 1.82) is 0 Å². The number of fused-ring (bicyclic) bond motifs is 1. The molecule has 1 saturated heterocycles. The third kappa shape index (κ3) is 3.69. The number of aromatic hydroxyl groups is 2. The maximum absolute atomic E-state index is 15.0. The van der Waals surface area contributed by atoms with Crippen LogP contribution in [0.3, 0.4) is 0 Å². The van der Waals surface area contributed by atoms with E-state index in [-0.39, 0.29) is 59.0 Å². The maximum atomic E-state index is 15.0. The molecule has 1 aromatic rings. The van der Waals surface area contributed by atoms with Crippen LogP contribution in [0.5, 0.6) is 17.2 Å². The van der Waals surface area contributed by atoms with E-state index in [1.807, 2.05) is 53.7 Å². The van der Waals surface area contributed by atoms with Crippen LogP contribution in [-0.4, -0.2) is 58.4 Å². The molecule has 0 unspecified atom stereocenters. The van der Waals surface area contributed by atoms with E-state index in [1.54, 1.807) is 19.9 Å². The molecule has 3 aliphatic carbocycles. The Morgan fingerprint density at radius 2 is 1.70 bits per heavy atom. The Morgan fingerprint density at radius 3 is 2.23 bits per heavy atom. The van der Waals surface area contributed by atoms with Gasteiger partial charge in [0, 0.05) is 42.4 Å². The van der Waals surface area contributed by atoms with Crippen molar-refractivity contribution in [2.75, 3.05) is 14.2 Å². The zero-order chi connectivity index (χ0) is 32.1. The van der Waals surface area contributed by atoms with E-state index >= 15 is 4.79 Å². The summed E-state index contributed by atoms with van der Waals surface area (Å²) in [5, 5.41) is 23.6. The second-order valence-corrected chi connectivity index (χ2v) is 13.9. The van der Waals surface area contributed by atoms with Crippen LogP contribution >= 0.6 is 0 Å². The first-order valence-corrected chi connectivity index (χ1v) is 14.8. The third-order valence-electron chi connectivity index (χ3n) is 9.99. The van der Waals surface area contributed by atoms with Crippen molar-refractivity contribution < 1.29 is 38.7 Å². The van der Waals surface area contributed by atoms with Gasteiger partial charge < -0.3 is 29.2 Å². The molecule has 2 fully saturated rings. The lowest BCUT2D eigenvalue weighted by Crippen LogP contribution is -2.78. The molecule has 8 heteroatoms. The molecule has 0 aromatic heterocycles. The Balaban J connectivity index is 1.98. The van der Waals surface area contributed by atoms with Crippen molar-refractivity contribution in [3.05, 3.63) is 64.0 Å². The van der Waals surface area contributed by atoms with Crippen LogP contribution in [0.2, 0.25) is 0 Å². The first-order chi connectivity index (χ1) is 19.9. The number of ketones is 2. The standard InChI is InChI=1S/C35H44O8/c1-12-31(6,7)23-25(36)20(14-13-18(2)3)28-22(26(23)37)27(38)24-29(40-10)33(41-11)17-21-32(8,9)43-34(30(33)39,16-15-19(4)5)35(21,24)42-28/h12-13,15,21,36-37H,1,14,16-17H2,2-11H3/t21-,33+,34-,35-/m0/s1. The minimum Gasteiger partial charge on any atom is -0.507 e. The molecule has 2 aliphatic heterocycles. The second kappa shape index (κ2) is 9.57. The number of hydrogen-bond donors (Lipinski definition) is 2. The maximum Gasteiger partial charge on any atom is 0.208 e. The third-order valence-corrected chi connectivity index (χ3v) is 9.99. The molecule has 2 N–H and O–H groups in total. The lowest BCUT2D eigenvalue weighted by Gasteiger charge is -2.60. The second-order valence-electron chi connectivity index (χ2n) is 13.9. The summed E-state index contributed by atoms with van der Waals surface area (Å²) in [4.78, 5) is 29.8. The quantitative estimate of drug-likeness (QED) is 0.345. The summed E-state index contributed by atoms with van der Waals surface area (Å²) < 4.78 is 25.8. The molecule has 1 saturated carbocycles. The van der Waals surface area contributed by atoms with E-state index in [1.165, 1.54) is 14.2 Å². The predicted octanol–water partition coefficient (Wildman–Crippen LogP) is 6.18. The van der Waals surface area contributed by atoms with Gasteiger partial charge in [-0.2, -0.15) is 0 Å². The number of ether oxygens (including phenoxy) is 4. The van der Waals surface area contributed by atoms with Crippen LogP contribution in [0.1, 0.15) is 89.7 Å². The molecule has 8 nitrogen and oxygen atoms in total. The molecule has 43 heavy (non-hydrogen) atoms. The molecule has 0 amide bonds. The lowest BCUT2D eigenvalue weighted by molar-refractivity contribution is -0.198. The van der Waals surface area contributed by atoms with Gasteiger partial charge in [0.1, 0.15) is 28.6 Å². The highest BCUT2D eigenvalue weighted by atomic mass is 16.6. The Morgan fingerprint density at radius 1 is 1.07 bits per heavy atom. The number of phenols is 2. The first kappa shape index (κ1) is 31.1. The molecular formula is C35H44O8. The SMILES string of the molecule is C=CC(C)(C)c1c(O)c(CC=C(C)C)c2c(c1O)C(=O)C1=C(OC)[C@]3(OC)C[C@H]4C(C)(C)O[C@@](CC=C(C)C)(C3=O)[C@@]14O2. The highest BCUT2D eigenvalue weighted by molar-refractivity contribution is 6.20. The van der Waals surface area contributed by atoms with Crippen LogP contribution in [0.4, 0.5) is 0 Å². The van der Waals surface area contributed by atoms with Crippen molar-refractivity contribution in [3.8, 4) is 17.2 Å². The van der Waals surface area contributed by atoms with E-state index in [0.29, 0.717) is 5.56 Å². The average Bonchev–Trinajstić information content (AvgIpc) is 3.07. The van der Waals surface area contributed by atoms with E-state index in [2.05, 4.69) is 6.58 Å². The number of carbonyl (C=O) groups is 2. The topological polar surface area (TPSA) is 112 Å². The van der Waals surface area contributed by atoms with Crippen LogP contribution < -0.4 is 4.74 Å². The number of Topliss-reactive ketones (excluding diaryl/α,β-unsaturated/α-hetero) is 2. The fraction of sp³-hybridized carbons (Fsp3) is 0.543. The zero-order valence-corrected chi connectivity index (χ0v) is 27.0. The van der Waals surface area contributed by atoms with Crippen LogP contribution in [0, 0.1) is 5.92 Å². The molecule has 0 radical (unpaired) electrons. The van der Waals surface area contributed by atoms with E-state index < -0.39 is 45.3 Å². The van der Waals surface area contributed by atoms with Crippen LogP contribution in [-0.2, 0) is 30.8 Å². The number of methoxy groups -OCH3 is 2. The molecule has 2 heterocycles. The first-order valence-electron chi connectivity index (χ1n) is 14.8. The zero-order valence-electron chi connectivity index (χ0n) is 27.0. The average molecular weight is 593 g/mol. The van der Waals surface area contributed by atoms with Crippen molar-refractivity contribution in [2.45, 2.75) is 102 Å². The highest BCUT2D eigenvalue weighted by Crippen LogP contribution is 2.71. The number of rotatable bonds is 8. The summed E-state index contributed by atoms with van der Waals surface area (Å²) in [6.07, 6.45) is 5.97.